The normalized spacial score (nSPS) is 23.8. The summed E-state index contributed by atoms with van der Waals surface area (Å²) in [7, 11) is 0. The van der Waals surface area contributed by atoms with E-state index in [0.29, 0.717) is 21.7 Å². The van der Waals surface area contributed by atoms with Crippen LogP contribution in [0.1, 0.15) is 32.4 Å². The third-order valence-corrected chi connectivity index (χ3v) is 8.08. The molecule has 180 valence electrons. The summed E-state index contributed by atoms with van der Waals surface area (Å²) < 4.78 is 6.31. The van der Waals surface area contributed by atoms with Crippen LogP contribution in [0.15, 0.2) is 91.0 Å². The van der Waals surface area contributed by atoms with Crippen LogP contribution < -0.4 is 4.90 Å². The van der Waals surface area contributed by atoms with Gasteiger partial charge in [-0.1, -0.05) is 90.5 Å². The summed E-state index contributed by atoms with van der Waals surface area (Å²) in [4.78, 5) is 57.2. The number of rotatable bonds is 2. The van der Waals surface area contributed by atoms with Gasteiger partial charge in [0, 0.05) is 27.1 Å². The van der Waals surface area contributed by atoms with Crippen molar-refractivity contribution in [1.29, 1.82) is 0 Å². The smallest absolute Gasteiger partial charge is 0.241 e. The Kier molecular flexibility index (Phi) is 4.59. The zero-order valence-corrected chi connectivity index (χ0v) is 20.0. The summed E-state index contributed by atoms with van der Waals surface area (Å²) in [5, 5.41) is 1.89. The summed E-state index contributed by atoms with van der Waals surface area (Å²) in [5.41, 5.74) is -0.895. The van der Waals surface area contributed by atoms with Gasteiger partial charge < -0.3 is 4.74 Å². The molecule has 37 heavy (non-hydrogen) atoms. The molecule has 0 aromatic heterocycles. The number of Topliss-reactive ketones (excluding diaryl/α,β-unsaturated/α-hetero) is 2. The summed E-state index contributed by atoms with van der Waals surface area (Å²) >= 11 is 6.51. The Labute approximate surface area is 216 Å². The Balaban J connectivity index is 1.46. The number of nitrogens with zero attached hydrogens (tertiary/aromatic N) is 1. The molecule has 3 atom stereocenters. The summed E-state index contributed by atoms with van der Waals surface area (Å²) in [6.07, 6.45) is -1.06. The van der Waals surface area contributed by atoms with E-state index in [0.717, 1.165) is 10.3 Å². The zero-order chi connectivity index (χ0) is 25.5. The molecule has 4 aromatic rings. The molecule has 2 amide bonds. The van der Waals surface area contributed by atoms with Gasteiger partial charge >= 0.3 is 0 Å². The minimum atomic E-state index is -2.13. The van der Waals surface area contributed by atoms with E-state index in [4.69, 9.17) is 16.3 Å². The Hall–Kier alpha value is -4.13. The van der Waals surface area contributed by atoms with Gasteiger partial charge in [0.1, 0.15) is 0 Å². The third-order valence-electron chi connectivity index (χ3n) is 7.74. The maximum atomic E-state index is 14.2. The van der Waals surface area contributed by atoms with E-state index in [1.54, 1.807) is 60.7 Å². The largest absolute Gasteiger partial charge is 0.349 e. The summed E-state index contributed by atoms with van der Waals surface area (Å²) in [6.45, 7) is 0. The monoisotopic (exact) mass is 507 g/mol. The molecule has 2 heterocycles. The van der Waals surface area contributed by atoms with Gasteiger partial charge in [0.05, 0.1) is 23.6 Å². The van der Waals surface area contributed by atoms with Crippen LogP contribution in [-0.4, -0.2) is 29.0 Å². The Morgan fingerprint density at radius 1 is 0.703 bits per heavy atom. The van der Waals surface area contributed by atoms with E-state index in [1.165, 1.54) is 0 Å². The number of benzene rings is 4. The predicted molar refractivity (Wildman–Crippen MR) is 137 cm³/mol. The van der Waals surface area contributed by atoms with Crippen LogP contribution in [0.5, 0.6) is 0 Å². The van der Waals surface area contributed by atoms with Crippen molar-refractivity contribution in [2.45, 2.75) is 11.7 Å². The minimum absolute atomic E-state index is 0.190. The number of ether oxygens (including phenoxy) is 1. The van der Waals surface area contributed by atoms with Crippen LogP contribution in [0.25, 0.3) is 10.8 Å². The molecule has 6 nitrogen and oxygen atoms in total. The molecule has 3 aliphatic rings. The van der Waals surface area contributed by atoms with E-state index in [2.05, 4.69) is 0 Å². The molecule has 0 radical (unpaired) electrons. The van der Waals surface area contributed by atoms with Gasteiger partial charge in [0.25, 0.3) is 0 Å². The molecule has 7 rings (SSSR count). The van der Waals surface area contributed by atoms with Gasteiger partial charge in [0.2, 0.25) is 29.0 Å². The van der Waals surface area contributed by atoms with Crippen molar-refractivity contribution in [2.75, 3.05) is 4.90 Å². The number of hydrogen-bond donors (Lipinski definition) is 0. The maximum absolute atomic E-state index is 14.2. The SMILES string of the molecule is O=C1[C@H]2[C@@H](C(=O)N1c1cccc3ccccc13)C1(O[C@H]2c2ccccc2Cl)C(=O)c2ccccc2C1=O. The van der Waals surface area contributed by atoms with Crippen LogP contribution in [-0.2, 0) is 14.3 Å². The van der Waals surface area contributed by atoms with E-state index >= 15 is 0 Å². The number of hydrogen-bond acceptors (Lipinski definition) is 5. The lowest BCUT2D eigenvalue weighted by Gasteiger charge is -2.27. The van der Waals surface area contributed by atoms with Gasteiger partial charge in [-0.25, -0.2) is 4.90 Å². The Morgan fingerprint density at radius 3 is 2.05 bits per heavy atom. The average molecular weight is 508 g/mol. The van der Waals surface area contributed by atoms with Crippen molar-refractivity contribution < 1.29 is 23.9 Å². The highest BCUT2D eigenvalue weighted by atomic mass is 35.5. The third kappa shape index (κ3) is 2.74. The molecule has 7 heteroatoms. The fraction of sp³-hybridized carbons (Fsp3) is 0.133. The van der Waals surface area contributed by atoms with E-state index in [9.17, 15) is 19.2 Å². The van der Waals surface area contributed by atoms with Gasteiger partial charge in [-0.05, 0) is 17.5 Å². The number of carbonyl (C=O) groups is 4. The van der Waals surface area contributed by atoms with Crippen molar-refractivity contribution in [3.05, 3.63) is 113 Å². The van der Waals surface area contributed by atoms with Crippen LogP contribution >= 0.6 is 11.6 Å². The van der Waals surface area contributed by atoms with E-state index in [-0.39, 0.29) is 11.1 Å². The summed E-state index contributed by atoms with van der Waals surface area (Å²) in [5.74, 6) is -4.78. The van der Waals surface area contributed by atoms with E-state index < -0.39 is 46.9 Å². The highest BCUT2D eigenvalue weighted by molar-refractivity contribution is 6.37. The first-order valence-electron chi connectivity index (χ1n) is 11.9. The predicted octanol–water partition coefficient (Wildman–Crippen LogP) is 5.19. The maximum Gasteiger partial charge on any atom is 0.241 e. The van der Waals surface area contributed by atoms with Gasteiger partial charge in [0.15, 0.2) is 0 Å². The van der Waals surface area contributed by atoms with Crippen LogP contribution in [0.4, 0.5) is 5.69 Å². The highest BCUT2D eigenvalue weighted by Gasteiger charge is 2.75. The van der Waals surface area contributed by atoms with Crippen LogP contribution in [0, 0.1) is 11.8 Å². The van der Waals surface area contributed by atoms with Crippen molar-refractivity contribution in [3.8, 4) is 0 Å². The molecule has 2 fully saturated rings. The number of carbonyl (C=O) groups excluding carboxylic acids is 4. The molecule has 0 saturated carbocycles. The van der Waals surface area contributed by atoms with Gasteiger partial charge in [-0.2, -0.15) is 0 Å². The van der Waals surface area contributed by atoms with Gasteiger partial charge in [-0.15, -0.1) is 0 Å². The molecule has 0 N–H and O–H groups in total. The first kappa shape index (κ1) is 22.1. The van der Waals surface area contributed by atoms with Crippen molar-refractivity contribution in [1.82, 2.24) is 0 Å². The zero-order valence-electron chi connectivity index (χ0n) is 19.3. The molecule has 2 aliphatic heterocycles. The molecular weight excluding hydrogens is 490 g/mol. The quantitative estimate of drug-likeness (QED) is 0.275. The second-order valence-corrected chi connectivity index (χ2v) is 9.92. The number of fused-ring (bicyclic) bond motifs is 4. The van der Waals surface area contributed by atoms with Gasteiger partial charge in [-0.3, -0.25) is 19.2 Å². The van der Waals surface area contributed by atoms with Crippen molar-refractivity contribution in [2.24, 2.45) is 11.8 Å². The van der Waals surface area contributed by atoms with Crippen LogP contribution in [0.3, 0.4) is 0 Å². The molecule has 2 saturated heterocycles. The standard InChI is InChI=1S/C30H18ClNO5/c31-21-14-6-5-13-20(21)25-23-24(30(37-25)26(33)18-11-3-4-12-19(18)27(30)34)29(36)32(28(23)35)22-15-7-9-16-8-1-2-10-17(16)22/h1-15,23-25H/t23-,24-,25-/m0/s1. The highest BCUT2D eigenvalue weighted by Crippen LogP contribution is 2.58. The van der Waals surface area contributed by atoms with Crippen molar-refractivity contribution in [3.63, 3.8) is 0 Å². The van der Waals surface area contributed by atoms with Crippen LogP contribution in [0.2, 0.25) is 5.02 Å². The first-order chi connectivity index (χ1) is 17.9. The fourth-order valence-corrected chi connectivity index (χ4v) is 6.39. The molecule has 1 spiro atoms. The second kappa shape index (κ2) is 7.68. The number of imide groups is 1. The Bertz CT molecular complexity index is 1650. The molecule has 0 bridgehead atoms. The molecule has 1 aliphatic carbocycles. The number of halogens is 1. The lowest BCUT2D eigenvalue weighted by molar-refractivity contribution is -0.127. The average Bonchev–Trinajstić information content (AvgIpc) is 3.48. The lowest BCUT2D eigenvalue weighted by atomic mass is 9.77. The molecular formula is C30H18ClNO5. The lowest BCUT2D eigenvalue weighted by Crippen LogP contribution is -2.51. The molecule has 4 aromatic carbocycles. The number of ketones is 2. The first-order valence-corrected chi connectivity index (χ1v) is 12.3. The van der Waals surface area contributed by atoms with E-state index in [1.807, 2.05) is 30.3 Å². The van der Waals surface area contributed by atoms with Crippen molar-refractivity contribution >= 4 is 51.4 Å². The summed E-state index contributed by atoms with van der Waals surface area (Å²) in [6, 6.07) is 26.0. The minimum Gasteiger partial charge on any atom is -0.349 e. The number of amides is 2. The topological polar surface area (TPSA) is 80.8 Å². The number of anilines is 1. The molecule has 0 unspecified atom stereocenters. The fourth-order valence-electron chi connectivity index (χ4n) is 6.15. The second-order valence-electron chi connectivity index (χ2n) is 9.51. The Morgan fingerprint density at radius 2 is 1.32 bits per heavy atom.